The van der Waals surface area contributed by atoms with Crippen LogP contribution in [-0.2, 0) is 9.59 Å². The van der Waals surface area contributed by atoms with Crippen LogP contribution in [0.2, 0.25) is 0 Å². The van der Waals surface area contributed by atoms with Gasteiger partial charge in [0, 0.05) is 17.8 Å². The van der Waals surface area contributed by atoms with E-state index in [1.54, 1.807) is 6.08 Å². The Bertz CT molecular complexity index is 723. The van der Waals surface area contributed by atoms with Gasteiger partial charge >= 0.3 is 0 Å². The SMILES string of the molecule is CC(C)C=CC(C)C1CCC(C2=CC(O)C3CC(O)CCC3(C)C2=O)C1(C)CC=O. The van der Waals surface area contributed by atoms with Crippen LogP contribution in [0.5, 0.6) is 0 Å². The topological polar surface area (TPSA) is 74.6 Å². The summed E-state index contributed by atoms with van der Waals surface area (Å²) in [5, 5.41) is 21.0. The van der Waals surface area contributed by atoms with Crippen LogP contribution in [-0.4, -0.2) is 34.5 Å². The normalized spacial score (nSPS) is 43.0. The second kappa shape index (κ2) is 8.70. The van der Waals surface area contributed by atoms with Crippen molar-refractivity contribution in [3.05, 3.63) is 23.8 Å². The van der Waals surface area contributed by atoms with E-state index in [0.717, 1.165) is 24.7 Å². The Balaban J connectivity index is 1.95. The fraction of sp³-hybridized carbons (Fsp3) is 0.769. The number of ketones is 1. The van der Waals surface area contributed by atoms with Crippen molar-refractivity contribution in [1.82, 2.24) is 0 Å². The predicted molar refractivity (Wildman–Crippen MR) is 119 cm³/mol. The second-order valence-electron chi connectivity index (χ2n) is 11.0. The van der Waals surface area contributed by atoms with Gasteiger partial charge in [0.05, 0.1) is 12.2 Å². The quantitative estimate of drug-likeness (QED) is 0.494. The summed E-state index contributed by atoms with van der Waals surface area (Å²) < 4.78 is 0. The van der Waals surface area contributed by atoms with Gasteiger partial charge in [0.15, 0.2) is 5.78 Å². The second-order valence-corrected chi connectivity index (χ2v) is 11.0. The number of hydrogen-bond acceptors (Lipinski definition) is 4. The minimum atomic E-state index is -0.713. The lowest BCUT2D eigenvalue weighted by Gasteiger charge is -2.49. The molecule has 2 saturated carbocycles. The molecule has 0 spiro atoms. The first-order chi connectivity index (χ1) is 14.0. The Morgan fingerprint density at radius 3 is 2.47 bits per heavy atom. The smallest absolute Gasteiger partial charge is 0.165 e. The molecule has 3 rings (SSSR count). The molecular formula is C26H40O4. The summed E-state index contributed by atoms with van der Waals surface area (Å²) in [5.41, 5.74) is -0.169. The van der Waals surface area contributed by atoms with Crippen molar-refractivity contribution >= 4 is 12.1 Å². The minimum absolute atomic E-state index is 0.00521. The van der Waals surface area contributed by atoms with Crippen molar-refractivity contribution in [2.45, 2.75) is 85.4 Å². The fourth-order valence-corrected chi connectivity index (χ4v) is 6.74. The molecule has 8 atom stereocenters. The number of aldehydes is 1. The molecule has 0 saturated heterocycles. The summed E-state index contributed by atoms with van der Waals surface area (Å²) in [5.74, 6) is 1.05. The van der Waals surface area contributed by atoms with Crippen molar-refractivity contribution < 1.29 is 19.8 Å². The Kier molecular flexibility index (Phi) is 6.79. The van der Waals surface area contributed by atoms with Crippen LogP contribution in [0.3, 0.4) is 0 Å². The highest BCUT2D eigenvalue weighted by atomic mass is 16.3. The molecule has 8 unspecified atom stereocenters. The molecule has 168 valence electrons. The van der Waals surface area contributed by atoms with E-state index in [1.807, 2.05) is 6.92 Å². The Labute approximate surface area is 181 Å². The van der Waals surface area contributed by atoms with Crippen LogP contribution in [0.25, 0.3) is 0 Å². The molecule has 0 heterocycles. The lowest BCUT2D eigenvalue weighted by atomic mass is 9.55. The number of allylic oxidation sites excluding steroid dienone is 3. The molecule has 0 radical (unpaired) electrons. The predicted octanol–water partition coefficient (Wildman–Crippen LogP) is 4.49. The molecule has 30 heavy (non-hydrogen) atoms. The zero-order valence-electron chi connectivity index (χ0n) is 19.3. The summed E-state index contributed by atoms with van der Waals surface area (Å²) in [6.07, 6.45) is 10.1. The molecular weight excluding hydrogens is 376 g/mol. The number of aliphatic hydroxyl groups is 2. The number of aliphatic hydroxyl groups excluding tert-OH is 2. The number of rotatable bonds is 6. The minimum Gasteiger partial charge on any atom is -0.393 e. The van der Waals surface area contributed by atoms with Gasteiger partial charge in [-0.2, -0.15) is 0 Å². The maximum atomic E-state index is 13.7. The van der Waals surface area contributed by atoms with Gasteiger partial charge in [0.1, 0.15) is 6.29 Å². The Hall–Kier alpha value is -1.26. The van der Waals surface area contributed by atoms with Crippen LogP contribution in [0.1, 0.15) is 73.1 Å². The molecule has 0 amide bonds. The highest BCUT2D eigenvalue weighted by Gasteiger charge is 2.56. The first kappa shape index (κ1) is 23.4. The van der Waals surface area contributed by atoms with Gasteiger partial charge in [-0.05, 0) is 72.8 Å². The molecule has 0 aromatic carbocycles. The monoisotopic (exact) mass is 416 g/mol. The third-order valence-corrected chi connectivity index (χ3v) is 8.63. The van der Waals surface area contributed by atoms with Crippen LogP contribution in [0.15, 0.2) is 23.8 Å². The fourth-order valence-electron chi connectivity index (χ4n) is 6.74. The van der Waals surface area contributed by atoms with Gasteiger partial charge in [-0.25, -0.2) is 0 Å². The first-order valence-corrected chi connectivity index (χ1v) is 11.8. The van der Waals surface area contributed by atoms with Crippen molar-refractivity contribution in [3.8, 4) is 0 Å². The molecule has 0 aromatic heterocycles. The standard InChI is InChI=1S/C26H40O4/c1-16(2)6-7-17(3)20-8-9-21(25(20,4)12-13-27)19-15-23(29)22-14-18(28)10-11-26(22,5)24(19)30/h6-7,13,15-18,20-23,28-29H,8-12,14H2,1-5H3. The third kappa shape index (κ3) is 3.98. The number of fused-ring (bicyclic) bond motifs is 1. The Morgan fingerprint density at radius 1 is 1.13 bits per heavy atom. The maximum absolute atomic E-state index is 13.7. The molecule has 0 aliphatic heterocycles. The van der Waals surface area contributed by atoms with E-state index in [9.17, 15) is 19.8 Å². The van der Waals surface area contributed by atoms with Gasteiger partial charge in [0.2, 0.25) is 0 Å². The average Bonchev–Trinajstić information content (AvgIpc) is 3.01. The number of Topliss-reactive ketones (excluding diaryl/α,β-unsaturated/α-hetero) is 1. The molecule has 2 fully saturated rings. The zero-order chi connectivity index (χ0) is 22.3. The molecule has 0 aromatic rings. The first-order valence-electron chi connectivity index (χ1n) is 11.8. The molecule has 3 aliphatic rings. The van der Waals surface area contributed by atoms with Gasteiger partial charge in [-0.1, -0.05) is 46.8 Å². The number of hydrogen-bond donors (Lipinski definition) is 2. The van der Waals surface area contributed by atoms with Crippen LogP contribution in [0.4, 0.5) is 0 Å². The number of carbonyl (C=O) groups excluding carboxylic acids is 2. The number of carbonyl (C=O) groups is 2. The van der Waals surface area contributed by atoms with Gasteiger partial charge in [0.25, 0.3) is 0 Å². The molecule has 2 N–H and O–H groups in total. The van der Waals surface area contributed by atoms with Crippen molar-refractivity contribution in [2.24, 2.45) is 40.4 Å². The van der Waals surface area contributed by atoms with Crippen LogP contribution < -0.4 is 0 Å². The van der Waals surface area contributed by atoms with Gasteiger partial charge in [-0.15, -0.1) is 0 Å². The molecule has 4 heteroatoms. The van der Waals surface area contributed by atoms with Crippen LogP contribution in [0, 0.1) is 40.4 Å². The van der Waals surface area contributed by atoms with E-state index >= 15 is 0 Å². The molecule has 4 nitrogen and oxygen atoms in total. The van der Waals surface area contributed by atoms with E-state index < -0.39 is 17.6 Å². The van der Waals surface area contributed by atoms with Gasteiger partial charge in [-0.3, -0.25) is 4.79 Å². The van der Waals surface area contributed by atoms with E-state index in [2.05, 4.69) is 39.8 Å². The molecule has 3 aliphatic carbocycles. The lowest BCUT2D eigenvalue weighted by molar-refractivity contribution is -0.138. The Morgan fingerprint density at radius 2 is 1.83 bits per heavy atom. The van der Waals surface area contributed by atoms with E-state index in [1.165, 1.54) is 0 Å². The summed E-state index contributed by atoms with van der Waals surface area (Å²) in [6.45, 7) is 10.7. The summed E-state index contributed by atoms with van der Waals surface area (Å²) in [4.78, 5) is 25.4. The maximum Gasteiger partial charge on any atom is 0.165 e. The van der Waals surface area contributed by atoms with Crippen molar-refractivity contribution in [3.63, 3.8) is 0 Å². The van der Waals surface area contributed by atoms with Crippen molar-refractivity contribution in [2.75, 3.05) is 0 Å². The van der Waals surface area contributed by atoms with Crippen LogP contribution >= 0.6 is 0 Å². The zero-order valence-corrected chi connectivity index (χ0v) is 19.3. The van der Waals surface area contributed by atoms with Crippen molar-refractivity contribution in [1.29, 1.82) is 0 Å². The molecule has 0 bridgehead atoms. The summed E-state index contributed by atoms with van der Waals surface area (Å²) in [7, 11) is 0. The van der Waals surface area contributed by atoms with E-state index in [-0.39, 0.29) is 23.0 Å². The highest BCUT2D eigenvalue weighted by molar-refractivity contribution is 6.01. The van der Waals surface area contributed by atoms with E-state index in [0.29, 0.717) is 43.4 Å². The highest BCUT2D eigenvalue weighted by Crippen LogP contribution is 2.58. The largest absolute Gasteiger partial charge is 0.393 e. The summed E-state index contributed by atoms with van der Waals surface area (Å²) >= 11 is 0. The third-order valence-electron chi connectivity index (χ3n) is 8.63. The van der Waals surface area contributed by atoms with Gasteiger partial charge < -0.3 is 15.0 Å². The van der Waals surface area contributed by atoms with E-state index in [4.69, 9.17) is 0 Å². The average molecular weight is 417 g/mol. The lowest BCUT2D eigenvalue weighted by Crippen LogP contribution is -2.52. The summed E-state index contributed by atoms with van der Waals surface area (Å²) in [6, 6.07) is 0.